The summed E-state index contributed by atoms with van der Waals surface area (Å²) in [5, 5.41) is 0. The van der Waals surface area contributed by atoms with Crippen molar-refractivity contribution in [1.29, 1.82) is 0 Å². The Morgan fingerprint density at radius 3 is 2.31 bits per heavy atom. The van der Waals surface area contributed by atoms with Gasteiger partial charge in [0.15, 0.2) is 4.80 Å². The molecule has 0 saturated carbocycles. The van der Waals surface area contributed by atoms with Gasteiger partial charge in [-0.1, -0.05) is 29.5 Å². The molecule has 1 heterocycles. The minimum Gasteiger partial charge on any atom is -0.465 e. The van der Waals surface area contributed by atoms with Gasteiger partial charge in [-0.15, -0.1) is 0 Å². The largest absolute Gasteiger partial charge is 0.465 e. The van der Waals surface area contributed by atoms with Crippen LogP contribution in [0.4, 0.5) is 5.69 Å². The summed E-state index contributed by atoms with van der Waals surface area (Å²) >= 11 is 1.27. The molecule has 4 rings (SSSR count). The number of para-hydroxylation sites is 1. The first-order chi connectivity index (χ1) is 18.8. The van der Waals surface area contributed by atoms with Gasteiger partial charge >= 0.3 is 5.97 Å². The Hall–Kier alpha value is -3.80. The summed E-state index contributed by atoms with van der Waals surface area (Å²) in [4.78, 5) is 30.0. The van der Waals surface area contributed by atoms with Crippen molar-refractivity contribution in [3.05, 3.63) is 88.7 Å². The van der Waals surface area contributed by atoms with Gasteiger partial charge in [0.1, 0.15) is 0 Å². The molecule has 11 heteroatoms. The molecular weight excluding hydrogens is 538 g/mol. The van der Waals surface area contributed by atoms with Crippen molar-refractivity contribution in [2.24, 2.45) is 4.99 Å². The molecular formula is C28H29N3O6S2. The summed E-state index contributed by atoms with van der Waals surface area (Å²) < 4.78 is 40.8. The summed E-state index contributed by atoms with van der Waals surface area (Å²) in [6.45, 7) is 5.35. The topological polar surface area (TPSA) is 107 Å². The smallest absolute Gasteiger partial charge is 0.337 e. The van der Waals surface area contributed by atoms with E-state index in [2.05, 4.69) is 4.99 Å². The van der Waals surface area contributed by atoms with E-state index in [1.165, 1.54) is 47.0 Å². The first kappa shape index (κ1) is 28.2. The van der Waals surface area contributed by atoms with E-state index in [-0.39, 0.29) is 17.0 Å². The molecule has 9 nitrogen and oxygen atoms in total. The lowest BCUT2D eigenvalue weighted by Crippen LogP contribution is -2.30. The monoisotopic (exact) mass is 567 g/mol. The van der Waals surface area contributed by atoms with E-state index >= 15 is 0 Å². The third kappa shape index (κ3) is 6.11. The minimum absolute atomic E-state index is 0.0775. The maximum atomic E-state index is 13.3. The second-order valence-electron chi connectivity index (χ2n) is 8.35. The van der Waals surface area contributed by atoms with Crippen LogP contribution in [0.2, 0.25) is 0 Å². The lowest BCUT2D eigenvalue weighted by molar-refractivity contribution is 0.0600. The highest BCUT2D eigenvalue weighted by Gasteiger charge is 2.23. The molecule has 39 heavy (non-hydrogen) atoms. The number of benzene rings is 3. The Labute approximate surface area is 231 Å². The first-order valence-corrected chi connectivity index (χ1v) is 14.6. The molecule has 0 unspecified atom stereocenters. The van der Waals surface area contributed by atoms with Crippen molar-refractivity contribution in [2.45, 2.75) is 25.3 Å². The number of anilines is 1. The fraction of sp³-hybridized carbons (Fsp3) is 0.250. The molecule has 0 aliphatic heterocycles. The quantitative estimate of drug-likeness (QED) is 0.207. The Morgan fingerprint density at radius 1 is 0.974 bits per heavy atom. The van der Waals surface area contributed by atoms with Crippen LogP contribution < -0.4 is 9.11 Å². The Kier molecular flexibility index (Phi) is 8.95. The molecule has 0 aliphatic rings. The first-order valence-electron chi connectivity index (χ1n) is 12.4. The number of fused-ring (bicyclic) bond motifs is 1. The third-order valence-corrected chi connectivity index (χ3v) is 8.94. The molecule has 0 bridgehead atoms. The Morgan fingerprint density at radius 2 is 1.67 bits per heavy atom. The van der Waals surface area contributed by atoms with Crippen LogP contribution in [-0.2, 0) is 26.0 Å². The molecule has 4 aromatic rings. The predicted molar refractivity (Wildman–Crippen MR) is 151 cm³/mol. The van der Waals surface area contributed by atoms with Crippen LogP contribution in [0.25, 0.3) is 10.2 Å². The van der Waals surface area contributed by atoms with Crippen LogP contribution in [0.5, 0.6) is 0 Å². The SMILES string of the molecule is CCOCCn1c(=NC(=O)c2ccc(S(=O)(=O)N(CC)c3ccccc3)cc2)sc2cc(C(=O)OC)ccc21. The van der Waals surface area contributed by atoms with Gasteiger partial charge in [-0.25, -0.2) is 13.2 Å². The number of methoxy groups -OCH3 is 1. The fourth-order valence-corrected chi connectivity index (χ4v) is 6.62. The normalized spacial score (nSPS) is 12.0. The number of hydrogen-bond acceptors (Lipinski definition) is 7. The van der Waals surface area contributed by atoms with Gasteiger partial charge < -0.3 is 14.0 Å². The van der Waals surface area contributed by atoms with E-state index in [4.69, 9.17) is 9.47 Å². The number of ether oxygens (including phenoxy) is 2. The second-order valence-corrected chi connectivity index (χ2v) is 11.2. The number of carbonyl (C=O) groups is 2. The molecule has 3 aromatic carbocycles. The maximum absolute atomic E-state index is 13.3. The molecule has 0 radical (unpaired) electrons. The zero-order chi connectivity index (χ0) is 28.0. The number of carbonyl (C=O) groups excluding carboxylic acids is 2. The molecule has 204 valence electrons. The predicted octanol–water partition coefficient (Wildman–Crippen LogP) is 4.48. The minimum atomic E-state index is -3.82. The van der Waals surface area contributed by atoms with Crippen LogP contribution in [0.1, 0.15) is 34.6 Å². The zero-order valence-electron chi connectivity index (χ0n) is 21.9. The summed E-state index contributed by atoms with van der Waals surface area (Å²) in [5.74, 6) is -0.969. The molecule has 0 spiro atoms. The number of thiazole rings is 1. The Balaban J connectivity index is 1.67. The summed E-state index contributed by atoms with van der Waals surface area (Å²) in [7, 11) is -2.50. The van der Waals surface area contributed by atoms with E-state index in [9.17, 15) is 18.0 Å². The molecule has 0 atom stereocenters. The summed E-state index contributed by atoms with van der Waals surface area (Å²) in [5.41, 5.74) is 2.02. The van der Waals surface area contributed by atoms with Gasteiger partial charge in [-0.3, -0.25) is 9.10 Å². The van der Waals surface area contributed by atoms with E-state index in [1.54, 1.807) is 49.4 Å². The maximum Gasteiger partial charge on any atom is 0.337 e. The van der Waals surface area contributed by atoms with Crippen LogP contribution in [0.15, 0.2) is 82.7 Å². The molecule has 0 aliphatic carbocycles. The number of esters is 1. The lowest BCUT2D eigenvalue weighted by atomic mass is 10.2. The number of sulfonamides is 1. The van der Waals surface area contributed by atoms with Gasteiger partial charge in [0.05, 0.1) is 40.1 Å². The highest BCUT2D eigenvalue weighted by atomic mass is 32.2. The van der Waals surface area contributed by atoms with Crippen molar-refractivity contribution in [2.75, 3.05) is 31.2 Å². The van der Waals surface area contributed by atoms with E-state index in [1.807, 2.05) is 17.6 Å². The number of amides is 1. The summed E-state index contributed by atoms with van der Waals surface area (Å²) in [6.07, 6.45) is 0. The molecule has 1 amide bonds. The molecule has 0 N–H and O–H groups in total. The van der Waals surface area contributed by atoms with Gasteiger partial charge in [-0.05, 0) is 68.4 Å². The van der Waals surface area contributed by atoms with Crippen molar-refractivity contribution in [3.63, 3.8) is 0 Å². The number of aromatic nitrogens is 1. The van der Waals surface area contributed by atoms with Crippen molar-refractivity contribution in [1.82, 2.24) is 4.57 Å². The molecule has 0 saturated heterocycles. The highest BCUT2D eigenvalue weighted by Crippen LogP contribution is 2.24. The van der Waals surface area contributed by atoms with Crippen molar-refractivity contribution in [3.8, 4) is 0 Å². The van der Waals surface area contributed by atoms with Gasteiger partial charge in [0.2, 0.25) is 0 Å². The van der Waals surface area contributed by atoms with Crippen LogP contribution in [-0.4, -0.2) is 51.7 Å². The van der Waals surface area contributed by atoms with Crippen LogP contribution in [0.3, 0.4) is 0 Å². The zero-order valence-corrected chi connectivity index (χ0v) is 23.5. The summed E-state index contributed by atoms with van der Waals surface area (Å²) in [6, 6.07) is 19.8. The lowest BCUT2D eigenvalue weighted by Gasteiger charge is -2.22. The second kappa shape index (κ2) is 12.4. The van der Waals surface area contributed by atoms with E-state index < -0.39 is 21.9 Å². The number of nitrogens with zero attached hydrogens (tertiary/aromatic N) is 3. The number of hydrogen-bond donors (Lipinski definition) is 0. The average molecular weight is 568 g/mol. The average Bonchev–Trinajstić information content (AvgIpc) is 3.29. The van der Waals surface area contributed by atoms with Gasteiger partial charge in [0, 0.05) is 25.3 Å². The van der Waals surface area contributed by atoms with Gasteiger partial charge in [0.25, 0.3) is 15.9 Å². The standard InChI is InChI=1S/C28H29N3O6S2/c1-4-31(22-9-7-6-8-10-22)39(34,35)23-14-11-20(12-15-23)26(32)29-28-30(17-18-37-5-2)24-16-13-21(27(33)36-3)19-25(24)38-28/h6-16,19H,4-5,17-18H2,1-3H3. The van der Waals surface area contributed by atoms with E-state index in [0.717, 1.165) is 10.2 Å². The molecule has 1 aromatic heterocycles. The van der Waals surface area contributed by atoms with Crippen LogP contribution >= 0.6 is 11.3 Å². The van der Waals surface area contributed by atoms with Crippen molar-refractivity contribution < 1.29 is 27.5 Å². The number of rotatable bonds is 10. The third-order valence-electron chi connectivity index (χ3n) is 5.99. The fourth-order valence-electron chi connectivity index (χ4n) is 4.05. The van der Waals surface area contributed by atoms with Crippen molar-refractivity contribution >= 4 is 49.1 Å². The van der Waals surface area contributed by atoms with E-state index in [0.29, 0.717) is 35.8 Å². The van der Waals surface area contributed by atoms with Gasteiger partial charge in [-0.2, -0.15) is 4.99 Å². The van der Waals surface area contributed by atoms with Crippen LogP contribution in [0, 0.1) is 0 Å². The molecule has 0 fully saturated rings. The highest BCUT2D eigenvalue weighted by molar-refractivity contribution is 7.92. The Bertz CT molecular complexity index is 1640.